The minimum Gasteiger partial charge on any atom is -0.444 e. The fourth-order valence-electron chi connectivity index (χ4n) is 5.07. The van der Waals surface area contributed by atoms with Crippen LogP contribution >= 0.6 is 0 Å². The molecule has 0 saturated heterocycles. The van der Waals surface area contributed by atoms with Gasteiger partial charge >= 0.3 is 6.09 Å². The van der Waals surface area contributed by atoms with Crippen molar-refractivity contribution in [2.24, 2.45) is 15.6 Å². The van der Waals surface area contributed by atoms with Gasteiger partial charge in [0.25, 0.3) is 11.8 Å². The average molecular weight is 562 g/mol. The van der Waals surface area contributed by atoms with Crippen LogP contribution in [0.4, 0.5) is 16.2 Å². The maximum absolute atomic E-state index is 14.6. The summed E-state index contributed by atoms with van der Waals surface area (Å²) in [5.74, 6) is 4.93. The van der Waals surface area contributed by atoms with Crippen LogP contribution in [0.25, 0.3) is 0 Å². The second kappa shape index (κ2) is 10.6. The first-order valence-electron chi connectivity index (χ1n) is 13.5. The molecule has 2 aliphatic rings. The van der Waals surface area contributed by atoms with E-state index >= 15 is 0 Å². The van der Waals surface area contributed by atoms with Crippen molar-refractivity contribution < 1.29 is 19.1 Å². The first kappa shape index (κ1) is 28.3. The van der Waals surface area contributed by atoms with E-state index in [1.807, 2.05) is 42.5 Å². The van der Waals surface area contributed by atoms with Gasteiger partial charge in [-0.25, -0.2) is 4.79 Å². The summed E-state index contributed by atoms with van der Waals surface area (Å²) >= 11 is 0. The quantitative estimate of drug-likeness (QED) is 0.446. The number of nitrogens with zero attached hydrogens (tertiary/aromatic N) is 4. The molecular formula is C33H31N5O4. The summed E-state index contributed by atoms with van der Waals surface area (Å²) in [6.45, 7) is 8.31. The zero-order valence-electron chi connectivity index (χ0n) is 24.1. The third-order valence-electron chi connectivity index (χ3n) is 7.14. The molecule has 0 spiro atoms. The molecule has 0 saturated carbocycles. The van der Waals surface area contributed by atoms with E-state index in [-0.39, 0.29) is 11.4 Å². The number of carbonyl (C=O) groups excluding carboxylic acids is 3. The molecule has 5 rings (SSSR count). The van der Waals surface area contributed by atoms with Gasteiger partial charge in [-0.2, -0.15) is 20.2 Å². The minimum absolute atomic E-state index is 0.0917. The van der Waals surface area contributed by atoms with Crippen LogP contribution in [0.1, 0.15) is 40.2 Å². The molecule has 0 radical (unpaired) electrons. The van der Waals surface area contributed by atoms with Gasteiger partial charge < -0.3 is 10.1 Å². The molecule has 0 aromatic heterocycles. The van der Waals surface area contributed by atoms with Gasteiger partial charge in [0, 0.05) is 5.56 Å². The van der Waals surface area contributed by atoms with Gasteiger partial charge in [0.15, 0.2) is 5.54 Å². The summed E-state index contributed by atoms with van der Waals surface area (Å²) in [6.07, 6.45) is -0.886. The first-order valence-corrected chi connectivity index (χ1v) is 13.5. The van der Waals surface area contributed by atoms with Crippen LogP contribution in [0, 0.1) is 17.3 Å². The van der Waals surface area contributed by atoms with Crippen molar-refractivity contribution in [1.82, 2.24) is 5.32 Å². The fourth-order valence-corrected chi connectivity index (χ4v) is 5.07. The summed E-state index contributed by atoms with van der Waals surface area (Å²) in [7, 11) is 0. The van der Waals surface area contributed by atoms with Gasteiger partial charge in [-0.05, 0) is 76.9 Å². The maximum atomic E-state index is 14.6. The Labute approximate surface area is 244 Å². The Bertz CT molecular complexity index is 1650. The molecular weight excluding hydrogens is 530 g/mol. The van der Waals surface area contributed by atoms with Gasteiger partial charge in [-0.1, -0.05) is 60.5 Å². The Morgan fingerprint density at radius 1 is 0.786 bits per heavy atom. The van der Waals surface area contributed by atoms with E-state index in [1.165, 1.54) is 10.0 Å². The lowest BCUT2D eigenvalue weighted by molar-refractivity contribution is -0.132. The molecule has 9 nitrogen and oxygen atoms in total. The van der Waals surface area contributed by atoms with Gasteiger partial charge in [-0.15, -0.1) is 0 Å². The number of anilines is 2. The summed E-state index contributed by atoms with van der Waals surface area (Å²) in [5.41, 5.74) is -2.79. The van der Waals surface area contributed by atoms with Crippen LogP contribution in [-0.2, 0) is 14.3 Å². The average Bonchev–Trinajstić information content (AvgIpc) is 3.38. The topological polar surface area (TPSA) is 104 Å². The number of alkyl carbamates (subject to hydrolysis) is 1. The first-order chi connectivity index (χ1) is 20.0. The number of para-hydroxylation sites is 2. The predicted molar refractivity (Wildman–Crippen MR) is 162 cm³/mol. The lowest BCUT2D eigenvalue weighted by Crippen LogP contribution is -2.72. The van der Waals surface area contributed by atoms with Crippen LogP contribution < -0.4 is 15.3 Å². The number of hydrogen-bond acceptors (Lipinski definition) is 6. The van der Waals surface area contributed by atoms with Crippen LogP contribution in [0.5, 0.6) is 0 Å². The van der Waals surface area contributed by atoms with E-state index in [0.29, 0.717) is 16.9 Å². The molecule has 1 N–H and O–H groups in total. The number of amides is 3. The van der Waals surface area contributed by atoms with E-state index in [0.717, 1.165) is 0 Å². The fraction of sp³-hybridized carbons (Fsp3) is 0.242. The molecule has 212 valence electrons. The Hall–Kier alpha value is -5.23. The van der Waals surface area contributed by atoms with E-state index < -0.39 is 34.5 Å². The van der Waals surface area contributed by atoms with Crippen molar-refractivity contribution in [3.05, 3.63) is 96.6 Å². The molecule has 9 heteroatoms. The summed E-state index contributed by atoms with van der Waals surface area (Å²) in [4.78, 5) is 42.6. The van der Waals surface area contributed by atoms with Gasteiger partial charge in [-0.3, -0.25) is 9.59 Å². The molecule has 3 amide bonds. The molecule has 0 aliphatic carbocycles. The highest BCUT2D eigenvalue weighted by Crippen LogP contribution is 2.46. The Balaban J connectivity index is 1.72. The molecule has 3 aromatic carbocycles. The molecule has 3 aromatic rings. The number of rotatable bonds is 4. The lowest BCUT2D eigenvalue weighted by Gasteiger charge is -2.41. The van der Waals surface area contributed by atoms with Gasteiger partial charge in [0.05, 0.1) is 17.1 Å². The van der Waals surface area contributed by atoms with Gasteiger partial charge in [0.2, 0.25) is 0 Å². The Kier molecular flexibility index (Phi) is 7.17. The van der Waals surface area contributed by atoms with E-state index in [1.54, 1.807) is 83.1 Å². The van der Waals surface area contributed by atoms with Crippen molar-refractivity contribution in [1.29, 1.82) is 0 Å². The smallest absolute Gasteiger partial charge is 0.408 e. The van der Waals surface area contributed by atoms with Crippen molar-refractivity contribution in [3.63, 3.8) is 0 Å². The number of benzene rings is 3. The molecule has 2 aliphatic heterocycles. The van der Waals surface area contributed by atoms with Crippen molar-refractivity contribution in [3.8, 4) is 11.8 Å². The zero-order valence-corrected chi connectivity index (χ0v) is 24.1. The van der Waals surface area contributed by atoms with Crippen LogP contribution in [0.15, 0.2) is 101 Å². The van der Waals surface area contributed by atoms with Crippen molar-refractivity contribution in [2.75, 3.05) is 10.0 Å². The maximum Gasteiger partial charge on any atom is 0.408 e. The van der Waals surface area contributed by atoms with E-state index in [2.05, 4.69) is 27.4 Å². The molecule has 42 heavy (non-hydrogen) atoms. The summed E-state index contributed by atoms with van der Waals surface area (Å²) < 4.78 is 5.60. The monoisotopic (exact) mass is 561 g/mol. The molecule has 2 atom stereocenters. The molecule has 2 heterocycles. The van der Waals surface area contributed by atoms with E-state index in [9.17, 15) is 14.4 Å². The second-order valence-corrected chi connectivity index (χ2v) is 11.2. The number of hydrazone groups is 2. The van der Waals surface area contributed by atoms with Crippen molar-refractivity contribution in [2.45, 2.75) is 45.8 Å². The summed E-state index contributed by atoms with van der Waals surface area (Å²) in [5, 5.41) is 14.4. The second-order valence-electron chi connectivity index (χ2n) is 11.2. The number of hydrogen-bond donors (Lipinski definition) is 1. The number of ether oxygens (including phenoxy) is 1. The number of nitrogens with one attached hydrogen (secondary N) is 1. The number of carbonyl (C=O) groups is 3. The third-order valence-corrected chi connectivity index (χ3v) is 7.14. The molecule has 0 bridgehead atoms. The highest BCUT2D eigenvalue weighted by atomic mass is 16.6. The predicted octanol–water partition coefficient (Wildman–Crippen LogP) is 5.13. The zero-order chi connectivity index (χ0) is 30.1. The highest BCUT2D eigenvalue weighted by Gasteiger charge is 2.70. The normalized spacial score (nSPS) is 21.8. The lowest BCUT2D eigenvalue weighted by atomic mass is 9.64. The molecule has 0 unspecified atom stereocenters. The molecule has 0 fully saturated rings. The Morgan fingerprint density at radius 2 is 1.29 bits per heavy atom. The van der Waals surface area contributed by atoms with Crippen LogP contribution in [0.3, 0.4) is 0 Å². The highest BCUT2D eigenvalue weighted by molar-refractivity contribution is 6.36. The van der Waals surface area contributed by atoms with E-state index in [4.69, 9.17) is 4.74 Å². The standard InChI is InChI=1S/C33H31N5O4/c1-23-33(34-30(41)42-31(2,3)4,29(40)38(35-23)26-19-13-8-14-20-26)32(5)27(22-21-24-15-9-6-10-16-24)36-37(28(32)39)25-17-11-7-12-18-25/h6-20H,1-5H3,(H,34,41)/t32-,33-/m0/s1. The summed E-state index contributed by atoms with van der Waals surface area (Å²) in [6, 6.07) is 26.9. The SMILES string of the molecule is CC1=NN(c2ccccc2)C(=O)[C@]1(NC(=O)OC(C)(C)C)[C@]1(C)C(=O)N(c2ccccc2)N=C1C#Cc1ccccc1. The van der Waals surface area contributed by atoms with Crippen LogP contribution in [0.2, 0.25) is 0 Å². The van der Waals surface area contributed by atoms with Crippen LogP contribution in [-0.4, -0.2) is 40.5 Å². The Morgan fingerprint density at radius 3 is 1.81 bits per heavy atom. The van der Waals surface area contributed by atoms with Gasteiger partial charge in [0.1, 0.15) is 16.7 Å². The van der Waals surface area contributed by atoms with Crippen molar-refractivity contribution >= 4 is 40.7 Å². The third kappa shape index (κ3) is 4.81. The minimum atomic E-state index is -2.02. The largest absolute Gasteiger partial charge is 0.444 e.